The fourth-order valence-corrected chi connectivity index (χ4v) is 4.33. The van der Waals surface area contributed by atoms with Gasteiger partial charge in [0.25, 0.3) is 5.91 Å². The van der Waals surface area contributed by atoms with Gasteiger partial charge in [-0.15, -0.1) is 11.3 Å². The van der Waals surface area contributed by atoms with E-state index in [0.717, 1.165) is 35.0 Å². The number of aryl methyl sites for hydroxylation is 1. The van der Waals surface area contributed by atoms with E-state index in [9.17, 15) is 9.18 Å². The molecule has 0 aliphatic carbocycles. The molecule has 1 amide bonds. The first-order chi connectivity index (χ1) is 14.6. The SMILES string of the molecule is Cc1nc(Cc2ccc(F)cc2)sc1C(=O)NCc1ccnc(N2CCOCC2)c1. The fourth-order valence-electron chi connectivity index (χ4n) is 3.31. The molecule has 0 bridgehead atoms. The summed E-state index contributed by atoms with van der Waals surface area (Å²) >= 11 is 1.38. The predicted molar refractivity (Wildman–Crippen MR) is 114 cm³/mol. The minimum absolute atomic E-state index is 0.139. The molecule has 4 rings (SSSR count). The predicted octanol–water partition coefficient (Wildman–Crippen LogP) is 3.34. The second kappa shape index (κ2) is 9.32. The first kappa shape index (κ1) is 20.4. The Balaban J connectivity index is 1.38. The van der Waals surface area contributed by atoms with Crippen LogP contribution >= 0.6 is 11.3 Å². The maximum Gasteiger partial charge on any atom is 0.263 e. The Hall–Kier alpha value is -2.84. The van der Waals surface area contributed by atoms with E-state index in [0.29, 0.717) is 36.8 Å². The third-order valence-corrected chi connectivity index (χ3v) is 6.07. The van der Waals surface area contributed by atoms with Crippen LogP contribution in [0.15, 0.2) is 42.6 Å². The van der Waals surface area contributed by atoms with Gasteiger partial charge in [0, 0.05) is 32.3 Å². The van der Waals surface area contributed by atoms with Crippen molar-refractivity contribution in [1.29, 1.82) is 0 Å². The Labute approximate surface area is 178 Å². The third-order valence-electron chi connectivity index (χ3n) is 4.91. The number of halogens is 1. The zero-order chi connectivity index (χ0) is 20.9. The average molecular weight is 427 g/mol. The van der Waals surface area contributed by atoms with Gasteiger partial charge in [0.1, 0.15) is 16.5 Å². The number of thiazole rings is 1. The highest BCUT2D eigenvalue weighted by Gasteiger charge is 2.16. The van der Waals surface area contributed by atoms with E-state index < -0.39 is 0 Å². The lowest BCUT2D eigenvalue weighted by molar-refractivity contribution is 0.0954. The number of amides is 1. The van der Waals surface area contributed by atoms with Gasteiger partial charge in [-0.2, -0.15) is 0 Å². The molecule has 1 fully saturated rings. The molecule has 0 saturated carbocycles. The Kier molecular flexibility index (Phi) is 6.35. The summed E-state index contributed by atoms with van der Waals surface area (Å²) in [7, 11) is 0. The van der Waals surface area contributed by atoms with Crippen LogP contribution in [0.4, 0.5) is 10.2 Å². The van der Waals surface area contributed by atoms with Crippen molar-refractivity contribution >= 4 is 23.1 Å². The standard InChI is InChI=1S/C22H23FN4O2S/c1-15-21(30-20(26-15)13-16-2-4-18(23)5-3-16)22(28)25-14-17-6-7-24-19(12-17)27-8-10-29-11-9-27/h2-7,12H,8-11,13-14H2,1H3,(H,25,28). The summed E-state index contributed by atoms with van der Waals surface area (Å²) in [6.07, 6.45) is 2.34. The molecule has 156 valence electrons. The van der Waals surface area contributed by atoms with Crippen LogP contribution in [0.1, 0.15) is 31.5 Å². The Bertz CT molecular complexity index is 1020. The summed E-state index contributed by atoms with van der Waals surface area (Å²) in [4.78, 5) is 24.4. The molecular formula is C22H23FN4O2S. The number of carbonyl (C=O) groups is 1. The van der Waals surface area contributed by atoms with E-state index in [-0.39, 0.29) is 11.7 Å². The van der Waals surface area contributed by atoms with Crippen molar-refractivity contribution < 1.29 is 13.9 Å². The first-order valence-corrected chi connectivity index (χ1v) is 10.7. The molecule has 3 aromatic rings. The van der Waals surface area contributed by atoms with Crippen molar-refractivity contribution in [3.63, 3.8) is 0 Å². The van der Waals surface area contributed by atoms with E-state index in [1.165, 1.54) is 23.5 Å². The van der Waals surface area contributed by atoms with E-state index in [2.05, 4.69) is 20.2 Å². The Morgan fingerprint density at radius 3 is 2.73 bits per heavy atom. The van der Waals surface area contributed by atoms with Crippen LogP contribution in [0.3, 0.4) is 0 Å². The van der Waals surface area contributed by atoms with Crippen LogP contribution in [0.5, 0.6) is 0 Å². The molecule has 8 heteroatoms. The van der Waals surface area contributed by atoms with Crippen LogP contribution in [0.2, 0.25) is 0 Å². The lowest BCUT2D eigenvalue weighted by atomic mass is 10.1. The minimum Gasteiger partial charge on any atom is -0.378 e. The van der Waals surface area contributed by atoms with Gasteiger partial charge in [-0.05, 0) is 42.3 Å². The van der Waals surface area contributed by atoms with Crippen molar-refractivity contribution in [2.75, 3.05) is 31.2 Å². The highest BCUT2D eigenvalue weighted by atomic mass is 32.1. The number of hydrogen-bond acceptors (Lipinski definition) is 6. The number of ether oxygens (including phenoxy) is 1. The monoisotopic (exact) mass is 426 g/mol. The number of pyridine rings is 1. The Morgan fingerprint density at radius 2 is 1.97 bits per heavy atom. The summed E-state index contributed by atoms with van der Waals surface area (Å²) in [5, 5.41) is 3.82. The van der Waals surface area contributed by atoms with Crippen molar-refractivity contribution in [3.8, 4) is 0 Å². The molecule has 0 atom stereocenters. The maximum atomic E-state index is 13.1. The van der Waals surface area contributed by atoms with Gasteiger partial charge in [0.15, 0.2) is 0 Å². The molecule has 1 aliphatic heterocycles. The van der Waals surface area contributed by atoms with E-state index in [4.69, 9.17) is 4.74 Å². The number of benzene rings is 1. The average Bonchev–Trinajstić information content (AvgIpc) is 3.14. The molecule has 1 aliphatic rings. The number of carbonyl (C=O) groups excluding carboxylic acids is 1. The van der Waals surface area contributed by atoms with Crippen LogP contribution in [-0.4, -0.2) is 42.2 Å². The molecule has 0 unspecified atom stereocenters. The van der Waals surface area contributed by atoms with Gasteiger partial charge in [0.05, 0.1) is 23.9 Å². The topological polar surface area (TPSA) is 67.4 Å². The molecule has 3 heterocycles. The summed E-state index contributed by atoms with van der Waals surface area (Å²) in [6, 6.07) is 10.3. The maximum absolute atomic E-state index is 13.1. The summed E-state index contributed by atoms with van der Waals surface area (Å²) < 4.78 is 18.5. The number of morpholine rings is 1. The van der Waals surface area contributed by atoms with E-state index >= 15 is 0 Å². The minimum atomic E-state index is -0.262. The molecule has 0 radical (unpaired) electrons. The first-order valence-electron chi connectivity index (χ1n) is 9.85. The third kappa shape index (κ3) is 5.01. The van der Waals surface area contributed by atoms with Gasteiger partial charge in [-0.1, -0.05) is 12.1 Å². The van der Waals surface area contributed by atoms with Crippen LogP contribution in [-0.2, 0) is 17.7 Å². The second-order valence-corrected chi connectivity index (χ2v) is 8.21. The van der Waals surface area contributed by atoms with Crippen molar-refractivity contribution in [1.82, 2.24) is 15.3 Å². The van der Waals surface area contributed by atoms with Gasteiger partial charge in [-0.3, -0.25) is 4.79 Å². The molecule has 1 N–H and O–H groups in total. The molecule has 1 saturated heterocycles. The highest BCUT2D eigenvalue weighted by molar-refractivity contribution is 7.13. The molecule has 2 aromatic heterocycles. The fraction of sp³-hybridized carbons (Fsp3) is 0.318. The smallest absolute Gasteiger partial charge is 0.263 e. The van der Waals surface area contributed by atoms with Crippen LogP contribution < -0.4 is 10.2 Å². The zero-order valence-corrected chi connectivity index (χ0v) is 17.5. The van der Waals surface area contributed by atoms with Crippen molar-refractivity contribution in [2.45, 2.75) is 19.9 Å². The molecule has 30 heavy (non-hydrogen) atoms. The molecule has 0 spiro atoms. The summed E-state index contributed by atoms with van der Waals surface area (Å²) in [5.41, 5.74) is 2.66. The largest absolute Gasteiger partial charge is 0.378 e. The highest BCUT2D eigenvalue weighted by Crippen LogP contribution is 2.21. The van der Waals surface area contributed by atoms with Gasteiger partial charge >= 0.3 is 0 Å². The number of hydrogen-bond donors (Lipinski definition) is 1. The summed E-state index contributed by atoms with van der Waals surface area (Å²) in [6.45, 7) is 5.30. The lowest BCUT2D eigenvalue weighted by Gasteiger charge is -2.28. The van der Waals surface area contributed by atoms with E-state index in [1.807, 2.05) is 19.1 Å². The van der Waals surface area contributed by atoms with E-state index in [1.54, 1.807) is 18.3 Å². The number of nitrogens with one attached hydrogen (secondary N) is 1. The van der Waals surface area contributed by atoms with Crippen molar-refractivity contribution in [3.05, 3.63) is 75.1 Å². The van der Waals surface area contributed by atoms with Crippen LogP contribution in [0.25, 0.3) is 0 Å². The number of anilines is 1. The normalized spacial score (nSPS) is 14.0. The molecular weight excluding hydrogens is 403 g/mol. The van der Waals surface area contributed by atoms with Gasteiger partial charge in [-0.25, -0.2) is 14.4 Å². The van der Waals surface area contributed by atoms with Crippen molar-refractivity contribution in [2.24, 2.45) is 0 Å². The van der Waals surface area contributed by atoms with Gasteiger partial charge < -0.3 is 15.0 Å². The molecule has 1 aromatic carbocycles. The lowest BCUT2D eigenvalue weighted by Crippen LogP contribution is -2.36. The van der Waals surface area contributed by atoms with Crippen LogP contribution in [0, 0.1) is 12.7 Å². The van der Waals surface area contributed by atoms with Gasteiger partial charge in [0.2, 0.25) is 0 Å². The Morgan fingerprint density at radius 1 is 1.20 bits per heavy atom. The molecule has 6 nitrogen and oxygen atoms in total. The zero-order valence-electron chi connectivity index (χ0n) is 16.7. The summed E-state index contributed by atoms with van der Waals surface area (Å²) in [5.74, 6) is 0.503. The number of nitrogens with zero attached hydrogens (tertiary/aromatic N) is 3. The quantitative estimate of drug-likeness (QED) is 0.655. The number of rotatable bonds is 6. The second-order valence-electron chi connectivity index (χ2n) is 7.13. The number of aromatic nitrogens is 2.